The largest absolute Gasteiger partial charge is 0.481 e. The monoisotopic (exact) mass is 1020 g/mol. The summed E-state index contributed by atoms with van der Waals surface area (Å²) >= 11 is 0. The molecule has 4 aliphatic rings. The Labute approximate surface area is 442 Å². The average molecular weight is 1020 g/mol. The average Bonchev–Trinajstić information content (AvgIpc) is 4.30. The Balaban J connectivity index is 0.000000162. The van der Waals surface area contributed by atoms with E-state index in [1.807, 2.05) is 132 Å². The van der Waals surface area contributed by atoms with Crippen LogP contribution in [-0.4, -0.2) is 85.0 Å². The van der Waals surface area contributed by atoms with Crippen molar-refractivity contribution in [2.75, 3.05) is 13.1 Å². The van der Waals surface area contributed by atoms with Gasteiger partial charge >= 0.3 is 11.1 Å². The van der Waals surface area contributed by atoms with E-state index in [1.54, 1.807) is 0 Å². The summed E-state index contributed by atoms with van der Waals surface area (Å²) in [5.41, 5.74) is 2.92. The zero-order valence-corrected chi connectivity index (χ0v) is 43.9. The molecule has 0 saturated heterocycles. The topological polar surface area (TPSA) is 164 Å². The molecule has 8 aromatic rings. The number of pyridine rings is 2. The van der Waals surface area contributed by atoms with Crippen molar-refractivity contribution in [1.82, 2.24) is 48.0 Å². The normalized spacial score (nSPS) is 16.8. The highest BCUT2D eigenvalue weighted by Crippen LogP contribution is 2.43. The van der Waals surface area contributed by atoms with Crippen LogP contribution in [0.2, 0.25) is 0 Å². The van der Waals surface area contributed by atoms with Crippen LogP contribution < -0.4 is 20.6 Å². The summed E-state index contributed by atoms with van der Waals surface area (Å²) in [6.07, 6.45) is 17.3. The zero-order chi connectivity index (χ0) is 52.6. The third kappa shape index (κ3) is 9.46. The summed E-state index contributed by atoms with van der Waals surface area (Å²) in [4.78, 5) is 76.6. The molecule has 2 aliphatic heterocycles. The van der Waals surface area contributed by atoms with Gasteiger partial charge in [0.25, 0.3) is 11.8 Å². The third-order valence-corrected chi connectivity index (χ3v) is 16.2. The molecule has 2 aromatic carbocycles. The Morgan fingerprint density at radius 3 is 1.28 bits per heavy atom. The standard InChI is InChI=1S/2C30H33N5O3/c2*1-21(2)33-17-18-34-24(19-30(13-6-7-14-30)35-16-12-23-11-8-15-31-27(23)35)32-28(36)26(25(34)29(33)37)38-20-22-9-4-3-5-10-22/h2*3-5,8-12,15-16,21H,6-7,13-14,17-20H2,1-2H3. The molecule has 0 unspecified atom stereocenters. The Kier molecular flexibility index (Phi) is 13.9. The van der Waals surface area contributed by atoms with Gasteiger partial charge in [0.1, 0.15) is 36.2 Å². The predicted octanol–water partition coefficient (Wildman–Crippen LogP) is 9.10. The summed E-state index contributed by atoms with van der Waals surface area (Å²) in [7, 11) is 0. The quantitative estimate of drug-likeness (QED) is 0.103. The minimum atomic E-state index is -0.482. The second kappa shape index (κ2) is 21.0. The molecule has 2 amide bonds. The molecule has 0 atom stereocenters. The van der Waals surface area contributed by atoms with Crippen molar-refractivity contribution in [2.24, 2.45) is 0 Å². The molecule has 8 heterocycles. The van der Waals surface area contributed by atoms with Crippen LogP contribution in [0.1, 0.15) is 123 Å². The lowest BCUT2D eigenvalue weighted by atomic mass is 9.91. The van der Waals surface area contributed by atoms with Crippen LogP contribution in [0.25, 0.3) is 22.1 Å². The van der Waals surface area contributed by atoms with Gasteiger partial charge in [0.2, 0.25) is 11.5 Å². The summed E-state index contributed by atoms with van der Waals surface area (Å²) in [6, 6.07) is 31.6. The molecule has 76 heavy (non-hydrogen) atoms. The van der Waals surface area contributed by atoms with Crippen molar-refractivity contribution < 1.29 is 19.1 Å². The number of amides is 2. The number of hydrogen-bond acceptors (Lipinski definition) is 10. The highest BCUT2D eigenvalue weighted by molar-refractivity contribution is 5.96. The number of carbonyl (C=O) groups is 2. The molecule has 0 radical (unpaired) electrons. The highest BCUT2D eigenvalue weighted by atomic mass is 16.5. The van der Waals surface area contributed by atoms with Crippen molar-refractivity contribution in [1.29, 1.82) is 0 Å². The number of hydrogen-bond donors (Lipinski definition) is 0. The van der Waals surface area contributed by atoms with Crippen molar-refractivity contribution >= 4 is 33.9 Å². The van der Waals surface area contributed by atoms with Crippen LogP contribution in [0.5, 0.6) is 11.5 Å². The molecular weight excluding hydrogens is 957 g/mol. The molecule has 392 valence electrons. The number of aromatic nitrogens is 8. The van der Waals surface area contributed by atoms with E-state index in [9.17, 15) is 19.2 Å². The first kappa shape index (κ1) is 50.3. The maximum atomic E-state index is 13.8. The third-order valence-electron chi connectivity index (χ3n) is 16.2. The number of carbonyl (C=O) groups excluding carboxylic acids is 2. The first-order valence-electron chi connectivity index (χ1n) is 27.0. The first-order valence-corrected chi connectivity index (χ1v) is 27.0. The zero-order valence-electron chi connectivity index (χ0n) is 43.9. The molecule has 2 fully saturated rings. The fraction of sp³-hybridized carbons (Fsp3) is 0.400. The lowest BCUT2D eigenvalue weighted by Gasteiger charge is -2.37. The van der Waals surface area contributed by atoms with Gasteiger partial charge in [-0.2, -0.15) is 9.97 Å². The van der Waals surface area contributed by atoms with Gasteiger partial charge in [-0.25, -0.2) is 9.97 Å². The van der Waals surface area contributed by atoms with E-state index < -0.39 is 11.1 Å². The molecule has 12 rings (SSSR count). The smallest absolute Gasteiger partial charge is 0.316 e. The first-order chi connectivity index (χ1) is 36.9. The minimum absolute atomic E-state index is 0.0171. The van der Waals surface area contributed by atoms with Crippen LogP contribution in [0.4, 0.5) is 0 Å². The van der Waals surface area contributed by atoms with Gasteiger partial charge in [-0.15, -0.1) is 0 Å². The van der Waals surface area contributed by atoms with Gasteiger partial charge in [0.05, 0.1) is 11.1 Å². The van der Waals surface area contributed by atoms with E-state index in [1.165, 1.54) is 0 Å². The second-order valence-corrected chi connectivity index (χ2v) is 21.5. The van der Waals surface area contributed by atoms with Gasteiger partial charge in [-0.05, 0) is 101 Å². The Morgan fingerprint density at radius 1 is 0.500 bits per heavy atom. The van der Waals surface area contributed by atoms with E-state index in [2.05, 4.69) is 65.7 Å². The number of fused-ring (bicyclic) bond motifs is 4. The van der Waals surface area contributed by atoms with Crippen LogP contribution in [-0.2, 0) is 50.2 Å². The fourth-order valence-corrected chi connectivity index (χ4v) is 12.3. The molecule has 0 N–H and O–H groups in total. The van der Waals surface area contributed by atoms with Crippen LogP contribution in [0, 0.1) is 0 Å². The van der Waals surface area contributed by atoms with Gasteiger partial charge in [-0.1, -0.05) is 86.3 Å². The Hall–Kier alpha value is -7.88. The van der Waals surface area contributed by atoms with Gasteiger partial charge in [0.15, 0.2) is 11.4 Å². The molecular formula is C60H66N10O6. The maximum Gasteiger partial charge on any atom is 0.316 e. The van der Waals surface area contributed by atoms with Crippen LogP contribution >= 0.6 is 0 Å². The van der Waals surface area contributed by atoms with Crippen LogP contribution in [0.15, 0.2) is 131 Å². The molecule has 6 aromatic heterocycles. The lowest BCUT2D eigenvalue weighted by Crippen LogP contribution is -2.47. The van der Waals surface area contributed by atoms with Crippen molar-refractivity contribution in [2.45, 2.75) is 141 Å². The summed E-state index contributed by atoms with van der Waals surface area (Å²) < 4.78 is 20.5. The predicted molar refractivity (Wildman–Crippen MR) is 291 cm³/mol. The molecule has 16 nitrogen and oxygen atoms in total. The van der Waals surface area contributed by atoms with E-state index >= 15 is 0 Å². The summed E-state index contributed by atoms with van der Waals surface area (Å²) in [5, 5.41) is 2.19. The Bertz CT molecular complexity index is 3300. The number of ether oxygens (including phenoxy) is 2. The number of rotatable bonds is 14. The number of nitrogens with zero attached hydrogens (tertiary/aromatic N) is 10. The van der Waals surface area contributed by atoms with Crippen molar-refractivity contribution in [3.63, 3.8) is 0 Å². The van der Waals surface area contributed by atoms with Crippen LogP contribution in [0.3, 0.4) is 0 Å². The lowest BCUT2D eigenvalue weighted by molar-refractivity contribution is 0.0624. The van der Waals surface area contributed by atoms with E-state index in [0.29, 0.717) is 62.1 Å². The second-order valence-electron chi connectivity index (χ2n) is 21.5. The molecule has 0 bridgehead atoms. The molecule has 2 saturated carbocycles. The molecule has 0 spiro atoms. The van der Waals surface area contributed by atoms with E-state index in [0.717, 1.165) is 84.6 Å². The highest BCUT2D eigenvalue weighted by Gasteiger charge is 2.42. The summed E-state index contributed by atoms with van der Waals surface area (Å²) in [6.45, 7) is 10.7. The van der Waals surface area contributed by atoms with Gasteiger partial charge < -0.3 is 37.5 Å². The Morgan fingerprint density at radius 2 is 0.895 bits per heavy atom. The van der Waals surface area contributed by atoms with E-state index in [-0.39, 0.29) is 59.7 Å². The molecule has 2 aliphatic carbocycles. The summed E-state index contributed by atoms with van der Waals surface area (Å²) in [5.74, 6) is 1.03. The minimum Gasteiger partial charge on any atom is -0.481 e. The SMILES string of the molecule is CC(C)N1CCn2c(CC3(n4ccc5cccnc54)CCCC3)nc(=O)c(OCc3ccccc3)c2C1=O.CC(C)N1CCn2c(CC3(n4ccc5cccnc54)CCCC3)nc(=O)c(OCc3ccccc3)c2C1=O. The maximum absolute atomic E-state index is 13.8. The van der Waals surface area contributed by atoms with Crippen molar-refractivity contribution in [3.05, 3.63) is 177 Å². The van der Waals surface area contributed by atoms with Gasteiger partial charge in [-0.3, -0.25) is 19.2 Å². The van der Waals surface area contributed by atoms with E-state index in [4.69, 9.17) is 9.47 Å². The van der Waals surface area contributed by atoms with Gasteiger partial charge in [0, 0.05) is 86.7 Å². The fourth-order valence-electron chi connectivity index (χ4n) is 12.3. The van der Waals surface area contributed by atoms with Crippen molar-refractivity contribution in [3.8, 4) is 11.5 Å². The molecule has 16 heteroatoms. The number of benzene rings is 2.